The van der Waals surface area contributed by atoms with Gasteiger partial charge in [0.25, 0.3) is 0 Å². The van der Waals surface area contributed by atoms with Crippen LogP contribution in [-0.2, 0) is 9.53 Å². The normalized spacial score (nSPS) is 10.1. The van der Waals surface area contributed by atoms with Crippen LogP contribution in [0.5, 0.6) is 0 Å². The molecule has 0 fully saturated rings. The first-order valence-corrected chi connectivity index (χ1v) is 5.67. The highest BCUT2D eigenvalue weighted by atomic mass is 16.5. The van der Waals surface area contributed by atoms with Crippen LogP contribution in [0.3, 0.4) is 0 Å². The Kier molecular flexibility index (Phi) is 10.1. The smallest absolute Gasteiger partial charge is 0.305 e. The van der Waals surface area contributed by atoms with Crippen LogP contribution in [0.2, 0.25) is 0 Å². The number of hydrogen-bond donors (Lipinski definition) is 1. The van der Waals surface area contributed by atoms with Crippen LogP contribution in [0.4, 0.5) is 0 Å². The summed E-state index contributed by atoms with van der Waals surface area (Å²) >= 11 is 0. The Balaban J connectivity index is 2.95. The molecule has 2 N–H and O–H groups in total. The number of ether oxygens (including phenoxy) is 1. The van der Waals surface area contributed by atoms with Gasteiger partial charge in [-0.05, 0) is 19.4 Å². The zero-order valence-corrected chi connectivity index (χ0v) is 9.26. The summed E-state index contributed by atoms with van der Waals surface area (Å²) < 4.78 is 4.96. The number of hydrogen-bond acceptors (Lipinski definition) is 3. The zero-order valence-electron chi connectivity index (χ0n) is 9.26. The topological polar surface area (TPSA) is 52.3 Å². The Labute approximate surface area is 87.0 Å². The van der Waals surface area contributed by atoms with E-state index in [2.05, 4.69) is 0 Å². The van der Waals surface area contributed by atoms with Crippen molar-refractivity contribution in [3.63, 3.8) is 0 Å². The molecule has 0 radical (unpaired) electrons. The Morgan fingerprint density at radius 1 is 1.07 bits per heavy atom. The molecule has 0 saturated carbocycles. The Bertz CT molecular complexity index is 137. The summed E-state index contributed by atoms with van der Waals surface area (Å²) in [5, 5.41) is 0. The lowest BCUT2D eigenvalue weighted by atomic mass is 10.1. The van der Waals surface area contributed by atoms with Crippen LogP contribution in [-0.4, -0.2) is 19.1 Å². The summed E-state index contributed by atoms with van der Waals surface area (Å²) in [4.78, 5) is 10.7. The predicted octanol–water partition coefficient (Wildman–Crippen LogP) is 2.24. The lowest BCUT2D eigenvalue weighted by Gasteiger charge is -2.02. The highest BCUT2D eigenvalue weighted by Crippen LogP contribution is 2.04. The molecule has 0 bridgehead atoms. The maximum absolute atomic E-state index is 10.7. The van der Waals surface area contributed by atoms with E-state index in [1.54, 1.807) is 0 Å². The van der Waals surface area contributed by atoms with Gasteiger partial charge in [0.15, 0.2) is 0 Å². The Hall–Kier alpha value is -0.570. The molecule has 3 heteroatoms. The van der Waals surface area contributed by atoms with Crippen LogP contribution in [0.25, 0.3) is 0 Å². The van der Waals surface area contributed by atoms with Gasteiger partial charge in [0.2, 0.25) is 0 Å². The van der Waals surface area contributed by atoms with E-state index in [1.807, 2.05) is 6.92 Å². The van der Waals surface area contributed by atoms with Gasteiger partial charge >= 0.3 is 5.97 Å². The minimum Gasteiger partial charge on any atom is -0.466 e. The van der Waals surface area contributed by atoms with E-state index in [0.29, 0.717) is 13.0 Å². The molecule has 14 heavy (non-hydrogen) atoms. The van der Waals surface area contributed by atoms with Crippen LogP contribution in [0, 0.1) is 0 Å². The molecule has 0 aromatic carbocycles. The van der Waals surface area contributed by atoms with Gasteiger partial charge in [0.1, 0.15) is 0 Å². The number of nitrogens with two attached hydrogens (primary N) is 1. The molecule has 0 unspecified atom stereocenters. The fourth-order valence-corrected chi connectivity index (χ4v) is 1.24. The molecule has 0 aromatic rings. The van der Waals surface area contributed by atoms with Gasteiger partial charge in [-0.3, -0.25) is 4.79 Å². The first-order valence-electron chi connectivity index (χ1n) is 5.67. The summed E-state index contributed by atoms with van der Waals surface area (Å²) in [7, 11) is 0. The first kappa shape index (κ1) is 13.4. The molecule has 0 rings (SSSR count). The maximum atomic E-state index is 10.7. The minimum absolute atomic E-state index is 0.0897. The zero-order chi connectivity index (χ0) is 10.6. The standard InChI is InChI=1S/C11H23NO2/c1-2-11(13)14-10-8-6-4-3-5-7-9-12/h2-10,12H2,1H3. The van der Waals surface area contributed by atoms with Crippen LogP contribution in [0.15, 0.2) is 0 Å². The molecule has 3 nitrogen and oxygen atoms in total. The molecule has 84 valence electrons. The maximum Gasteiger partial charge on any atom is 0.305 e. The second-order valence-electron chi connectivity index (χ2n) is 3.48. The number of carbonyl (C=O) groups is 1. The van der Waals surface area contributed by atoms with Crippen molar-refractivity contribution in [3.05, 3.63) is 0 Å². The molecule has 0 atom stereocenters. The Morgan fingerprint density at radius 2 is 1.64 bits per heavy atom. The fraction of sp³-hybridized carbons (Fsp3) is 0.909. The van der Waals surface area contributed by atoms with Crippen molar-refractivity contribution in [3.8, 4) is 0 Å². The quantitative estimate of drug-likeness (QED) is 0.460. The second-order valence-corrected chi connectivity index (χ2v) is 3.48. The third-order valence-electron chi connectivity index (χ3n) is 2.15. The van der Waals surface area contributed by atoms with Gasteiger partial charge in [0, 0.05) is 6.42 Å². The van der Waals surface area contributed by atoms with Gasteiger partial charge < -0.3 is 10.5 Å². The molecular formula is C11H23NO2. The highest BCUT2D eigenvalue weighted by molar-refractivity contribution is 5.68. The molecule has 0 aliphatic rings. The van der Waals surface area contributed by atoms with E-state index >= 15 is 0 Å². The summed E-state index contributed by atoms with van der Waals surface area (Å²) in [6.07, 6.45) is 7.46. The van der Waals surface area contributed by atoms with Crippen LogP contribution < -0.4 is 5.73 Å². The van der Waals surface area contributed by atoms with Gasteiger partial charge in [0.05, 0.1) is 6.61 Å². The predicted molar refractivity (Wildman–Crippen MR) is 58.0 cm³/mol. The molecule has 0 amide bonds. The van der Waals surface area contributed by atoms with Crippen molar-refractivity contribution >= 4 is 5.97 Å². The highest BCUT2D eigenvalue weighted by Gasteiger charge is 1.96. The molecule has 0 saturated heterocycles. The van der Waals surface area contributed by atoms with Crippen molar-refractivity contribution in [1.29, 1.82) is 0 Å². The van der Waals surface area contributed by atoms with Gasteiger partial charge in [-0.2, -0.15) is 0 Å². The summed E-state index contributed by atoms with van der Waals surface area (Å²) in [5.74, 6) is -0.0897. The Morgan fingerprint density at radius 3 is 2.21 bits per heavy atom. The van der Waals surface area contributed by atoms with Crippen molar-refractivity contribution in [2.75, 3.05) is 13.2 Å². The van der Waals surface area contributed by atoms with E-state index in [1.165, 1.54) is 19.3 Å². The van der Waals surface area contributed by atoms with Gasteiger partial charge in [-0.25, -0.2) is 0 Å². The third-order valence-corrected chi connectivity index (χ3v) is 2.15. The molecular weight excluding hydrogens is 178 g/mol. The van der Waals surface area contributed by atoms with Crippen molar-refractivity contribution in [2.45, 2.75) is 51.9 Å². The number of esters is 1. The first-order chi connectivity index (χ1) is 6.81. The van der Waals surface area contributed by atoms with E-state index < -0.39 is 0 Å². The lowest BCUT2D eigenvalue weighted by molar-refractivity contribution is -0.143. The lowest BCUT2D eigenvalue weighted by Crippen LogP contribution is -2.03. The second kappa shape index (κ2) is 10.5. The van der Waals surface area contributed by atoms with Crippen molar-refractivity contribution in [1.82, 2.24) is 0 Å². The molecule has 0 aromatic heterocycles. The number of carbonyl (C=O) groups excluding carboxylic acids is 1. The van der Waals surface area contributed by atoms with E-state index in [9.17, 15) is 4.79 Å². The number of rotatable bonds is 9. The van der Waals surface area contributed by atoms with Crippen molar-refractivity contribution < 1.29 is 9.53 Å². The van der Waals surface area contributed by atoms with Crippen LogP contribution in [0.1, 0.15) is 51.9 Å². The van der Waals surface area contributed by atoms with E-state index in [0.717, 1.165) is 25.8 Å². The average molecular weight is 201 g/mol. The molecule has 0 spiro atoms. The third kappa shape index (κ3) is 9.52. The SMILES string of the molecule is CCC(=O)OCCCCCCCCN. The largest absolute Gasteiger partial charge is 0.466 e. The van der Waals surface area contributed by atoms with Crippen molar-refractivity contribution in [2.24, 2.45) is 5.73 Å². The van der Waals surface area contributed by atoms with Crippen LogP contribution >= 0.6 is 0 Å². The molecule has 0 heterocycles. The van der Waals surface area contributed by atoms with E-state index in [-0.39, 0.29) is 5.97 Å². The number of unbranched alkanes of at least 4 members (excludes halogenated alkanes) is 5. The average Bonchev–Trinajstić information content (AvgIpc) is 2.21. The molecule has 0 aliphatic carbocycles. The van der Waals surface area contributed by atoms with E-state index in [4.69, 9.17) is 10.5 Å². The summed E-state index contributed by atoms with van der Waals surface area (Å²) in [6.45, 7) is 3.20. The van der Waals surface area contributed by atoms with Gasteiger partial charge in [-0.1, -0.05) is 32.6 Å². The fourth-order valence-electron chi connectivity index (χ4n) is 1.24. The summed E-state index contributed by atoms with van der Waals surface area (Å²) in [5.41, 5.74) is 5.38. The van der Waals surface area contributed by atoms with Gasteiger partial charge in [-0.15, -0.1) is 0 Å². The minimum atomic E-state index is -0.0897. The summed E-state index contributed by atoms with van der Waals surface area (Å²) in [6, 6.07) is 0. The monoisotopic (exact) mass is 201 g/mol. The molecule has 0 aliphatic heterocycles.